The summed E-state index contributed by atoms with van der Waals surface area (Å²) < 4.78 is 0. The first-order valence-corrected chi connectivity index (χ1v) is 9.75. The summed E-state index contributed by atoms with van der Waals surface area (Å²) in [6.07, 6.45) is 6.60. The lowest BCUT2D eigenvalue weighted by Crippen LogP contribution is -2.47. The molecule has 1 fully saturated rings. The van der Waals surface area contributed by atoms with Gasteiger partial charge in [-0.3, -0.25) is 9.78 Å². The molecule has 3 aromatic rings. The summed E-state index contributed by atoms with van der Waals surface area (Å²) in [5.41, 5.74) is 3.98. The first-order chi connectivity index (χ1) is 14.2. The highest BCUT2D eigenvalue weighted by molar-refractivity contribution is 5.93. The van der Waals surface area contributed by atoms with Crippen LogP contribution in [0.1, 0.15) is 21.5 Å². The Labute approximate surface area is 170 Å². The van der Waals surface area contributed by atoms with Crippen LogP contribution in [0.15, 0.2) is 61.2 Å². The zero-order valence-electron chi connectivity index (χ0n) is 16.5. The fourth-order valence-electron chi connectivity index (χ4n) is 3.38. The fourth-order valence-corrected chi connectivity index (χ4v) is 3.38. The number of nitrogens with zero attached hydrogens (tertiary/aromatic N) is 5. The van der Waals surface area contributed by atoms with E-state index in [-0.39, 0.29) is 5.91 Å². The summed E-state index contributed by atoms with van der Waals surface area (Å²) in [7, 11) is 0. The lowest BCUT2D eigenvalue weighted by molar-refractivity contribution is 0.0950. The van der Waals surface area contributed by atoms with Gasteiger partial charge in [-0.1, -0.05) is 12.1 Å². The third-order valence-corrected chi connectivity index (χ3v) is 5.03. The topological polar surface area (TPSA) is 74.2 Å². The Morgan fingerprint density at radius 1 is 1.00 bits per heavy atom. The third kappa shape index (κ3) is 4.68. The molecule has 1 aliphatic heterocycles. The summed E-state index contributed by atoms with van der Waals surface area (Å²) in [6, 6.07) is 12.3. The van der Waals surface area contributed by atoms with Gasteiger partial charge in [-0.25, -0.2) is 9.97 Å². The fraction of sp³-hybridized carbons (Fsp3) is 0.273. The van der Waals surface area contributed by atoms with E-state index in [0.717, 1.165) is 31.7 Å². The van der Waals surface area contributed by atoms with Crippen molar-refractivity contribution in [3.63, 3.8) is 0 Å². The van der Waals surface area contributed by atoms with Gasteiger partial charge in [0.2, 0.25) is 5.95 Å². The summed E-state index contributed by atoms with van der Waals surface area (Å²) in [5.74, 6) is 0.484. The van der Waals surface area contributed by atoms with E-state index in [4.69, 9.17) is 0 Å². The minimum atomic E-state index is -0.183. The predicted molar refractivity (Wildman–Crippen MR) is 113 cm³/mol. The Bertz CT molecular complexity index is 953. The first-order valence-electron chi connectivity index (χ1n) is 9.75. The van der Waals surface area contributed by atoms with E-state index in [1.54, 1.807) is 24.8 Å². The van der Waals surface area contributed by atoms with E-state index in [9.17, 15) is 4.79 Å². The van der Waals surface area contributed by atoms with Crippen LogP contribution in [0.3, 0.4) is 0 Å². The lowest BCUT2D eigenvalue weighted by atomic mass is 10.2. The van der Waals surface area contributed by atoms with Crippen molar-refractivity contribution >= 4 is 17.5 Å². The first kappa shape index (κ1) is 18.9. The number of hydrogen-bond acceptors (Lipinski definition) is 6. The molecule has 1 saturated heterocycles. The van der Waals surface area contributed by atoms with Gasteiger partial charge in [-0.15, -0.1) is 0 Å². The zero-order valence-corrected chi connectivity index (χ0v) is 16.5. The van der Waals surface area contributed by atoms with Crippen LogP contribution in [0.2, 0.25) is 0 Å². The number of benzene rings is 1. The van der Waals surface area contributed by atoms with Gasteiger partial charge >= 0.3 is 0 Å². The number of nitrogens with one attached hydrogen (secondary N) is 1. The van der Waals surface area contributed by atoms with Crippen LogP contribution in [0.5, 0.6) is 0 Å². The summed E-state index contributed by atoms with van der Waals surface area (Å²) in [5, 5.41) is 2.88. The van der Waals surface area contributed by atoms with Gasteiger partial charge < -0.3 is 15.1 Å². The molecule has 1 amide bonds. The van der Waals surface area contributed by atoms with Crippen molar-refractivity contribution in [1.29, 1.82) is 0 Å². The molecule has 7 nitrogen and oxygen atoms in total. The average Bonchev–Trinajstić information content (AvgIpc) is 2.78. The number of carbonyl (C=O) groups excluding carboxylic acids is 1. The second-order valence-electron chi connectivity index (χ2n) is 7.12. The van der Waals surface area contributed by atoms with Gasteiger partial charge in [0, 0.05) is 63.2 Å². The monoisotopic (exact) mass is 388 g/mol. The molecular formula is C22H24N6O. The van der Waals surface area contributed by atoms with Gasteiger partial charge in [0.15, 0.2) is 0 Å². The molecule has 4 rings (SSSR count). The van der Waals surface area contributed by atoms with Crippen LogP contribution in [0, 0.1) is 6.92 Å². The molecule has 2 aromatic heterocycles. The molecule has 0 aliphatic carbocycles. The van der Waals surface area contributed by atoms with Gasteiger partial charge in [-0.05, 0) is 42.3 Å². The zero-order chi connectivity index (χ0) is 20.1. The van der Waals surface area contributed by atoms with Gasteiger partial charge in [0.05, 0.1) is 5.56 Å². The molecule has 0 saturated carbocycles. The van der Waals surface area contributed by atoms with E-state index >= 15 is 0 Å². The maximum atomic E-state index is 12.3. The SMILES string of the molecule is Cc1cccc(N2CCN(c3ncc(C(=O)NCc4ccncc4)cn3)CC2)c1. The Morgan fingerprint density at radius 2 is 1.69 bits per heavy atom. The van der Waals surface area contributed by atoms with Crippen molar-refractivity contribution in [3.8, 4) is 0 Å². The highest BCUT2D eigenvalue weighted by atomic mass is 16.1. The van der Waals surface area contributed by atoms with Crippen LogP contribution in [-0.4, -0.2) is 47.0 Å². The van der Waals surface area contributed by atoms with Crippen molar-refractivity contribution in [1.82, 2.24) is 20.3 Å². The minimum Gasteiger partial charge on any atom is -0.368 e. The van der Waals surface area contributed by atoms with Gasteiger partial charge in [0.25, 0.3) is 5.91 Å². The number of hydrogen-bond donors (Lipinski definition) is 1. The predicted octanol–water partition coefficient (Wildman–Crippen LogP) is 2.44. The Hall–Kier alpha value is -3.48. The van der Waals surface area contributed by atoms with Crippen LogP contribution >= 0.6 is 0 Å². The van der Waals surface area contributed by atoms with Crippen molar-refractivity contribution in [2.75, 3.05) is 36.0 Å². The normalized spacial score (nSPS) is 14.0. The standard InChI is InChI=1S/C22H24N6O/c1-17-3-2-4-20(13-17)27-9-11-28(12-10-27)22-25-15-19(16-26-22)21(29)24-14-18-5-7-23-8-6-18/h2-8,13,15-16H,9-12,14H2,1H3,(H,24,29). The molecule has 148 valence electrons. The number of anilines is 2. The summed E-state index contributed by atoms with van der Waals surface area (Å²) >= 11 is 0. The average molecular weight is 388 g/mol. The van der Waals surface area contributed by atoms with E-state index in [0.29, 0.717) is 18.1 Å². The molecule has 1 aromatic carbocycles. The van der Waals surface area contributed by atoms with Crippen LogP contribution in [0.25, 0.3) is 0 Å². The molecule has 0 radical (unpaired) electrons. The number of aromatic nitrogens is 3. The molecular weight excluding hydrogens is 364 g/mol. The quantitative estimate of drug-likeness (QED) is 0.724. The van der Waals surface area contributed by atoms with Crippen molar-refractivity contribution < 1.29 is 4.79 Å². The smallest absolute Gasteiger partial charge is 0.254 e. The van der Waals surface area contributed by atoms with Gasteiger partial charge in [-0.2, -0.15) is 0 Å². The van der Waals surface area contributed by atoms with E-state index in [1.807, 2.05) is 12.1 Å². The molecule has 0 bridgehead atoms. The lowest BCUT2D eigenvalue weighted by Gasteiger charge is -2.36. The molecule has 0 atom stereocenters. The molecule has 0 spiro atoms. The highest BCUT2D eigenvalue weighted by Gasteiger charge is 2.19. The molecule has 0 unspecified atom stereocenters. The van der Waals surface area contributed by atoms with Crippen LogP contribution in [-0.2, 0) is 6.54 Å². The summed E-state index contributed by atoms with van der Waals surface area (Å²) in [4.78, 5) is 29.6. The number of piperazine rings is 1. The number of amides is 1. The van der Waals surface area contributed by atoms with E-state index < -0.39 is 0 Å². The second kappa shape index (κ2) is 8.68. The Balaban J connectivity index is 1.32. The number of pyridine rings is 1. The maximum Gasteiger partial charge on any atom is 0.254 e. The number of aryl methyl sites for hydroxylation is 1. The van der Waals surface area contributed by atoms with E-state index in [1.165, 1.54) is 11.3 Å². The van der Waals surface area contributed by atoms with Gasteiger partial charge in [0.1, 0.15) is 0 Å². The van der Waals surface area contributed by atoms with Crippen molar-refractivity contribution in [2.24, 2.45) is 0 Å². The Kier molecular flexibility index (Phi) is 5.65. The minimum absolute atomic E-state index is 0.183. The molecule has 1 aliphatic rings. The molecule has 29 heavy (non-hydrogen) atoms. The largest absolute Gasteiger partial charge is 0.368 e. The third-order valence-electron chi connectivity index (χ3n) is 5.03. The molecule has 7 heteroatoms. The molecule has 1 N–H and O–H groups in total. The number of rotatable bonds is 5. The van der Waals surface area contributed by atoms with E-state index in [2.05, 4.69) is 61.3 Å². The highest BCUT2D eigenvalue weighted by Crippen LogP contribution is 2.19. The second-order valence-corrected chi connectivity index (χ2v) is 7.12. The van der Waals surface area contributed by atoms with Crippen LogP contribution in [0.4, 0.5) is 11.6 Å². The number of carbonyl (C=O) groups is 1. The summed E-state index contributed by atoms with van der Waals surface area (Å²) in [6.45, 7) is 6.09. The maximum absolute atomic E-state index is 12.3. The van der Waals surface area contributed by atoms with Crippen molar-refractivity contribution in [2.45, 2.75) is 13.5 Å². The Morgan fingerprint density at radius 3 is 2.38 bits per heavy atom. The molecule has 3 heterocycles. The van der Waals surface area contributed by atoms with Crippen molar-refractivity contribution in [3.05, 3.63) is 77.9 Å². The van der Waals surface area contributed by atoms with Crippen LogP contribution < -0.4 is 15.1 Å².